The van der Waals surface area contributed by atoms with Crippen LogP contribution in [0, 0.1) is 5.41 Å². The van der Waals surface area contributed by atoms with Gasteiger partial charge in [-0.05, 0) is 54.6 Å². The topological polar surface area (TPSA) is 46.3 Å². The van der Waals surface area contributed by atoms with Crippen LogP contribution in [0.4, 0.5) is 0 Å². The van der Waals surface area contributed by atoms with Gasteiger partial charge in [0, 0.05) is 6.54 Å². The van der Waals surface area contributed by atoms with E-state index in [2.05, 4.69) is 77.7 Å². The molecule has 0 aromatic heterocycles. The Morgan fingerprint density at radius 3 is 2.07 bits per heavy atom. The lowest BCUT2D eigenvalue weighted by Gasteiger charge is -2.40. The largest absolute Gasteiger partial charge is 0.369 e. The summed E-state index contributed by atoms with van der Waals surface area (Å²) in [5, 5.41) is 0. The Kier molecular flexibility index (Phi) is 5.77. The summed E-state index contributed by atoms with van der Waals surface area (Å²) in [7, 11) is 0. The van der Waals surface area contributed by atoms with Crippen molar-refractivity contribution in [2.45, 2.75) is 25.8 Å². The fourth-order valence-electron chi connectivity index (χ4n) is 4.43. The number of amides is 1. The third-order valence-corrected chi connectivity index (χ3v) is 6.22. The van der Waals surface area contributed by atoms with Crippen molar-refractivity contribution >= 4 is 5.91 Å². The Labute approximate surface area is 173 Å². The highest BCUT2D eigenvalue weighted by Crippen LogP contribution is 2.38. The summed E-state index contributed by atoms with van der Waals surface area (Å²) >= 11 is 0. The van der Waals surface area contributed by atoms with Gasteiger partial charge in [-0.15, -0.1) is 0 Å². The van der Waals surface area contributed by atoms with Crippen molar-refractivity contribution in [3.8, 4) is 11.1 Å². The van der Waals surface area contributed by atoms with Crippen molar-refractivity contribution < 1.29 is 4.79 Å². The predicted octanol–water partition coefficient (Wildman–Crippen LogP) is 4.66. The number of carbonyl (C=O) groups is 1. The molecule has 4 rings (SSSR count). The minimum atomic E-state index is -0.474. The molecular weight excluding hydrogens is 356 g/mol. The Bertz CT molecular complexity index is 945. The zero-order valence-corrected chi connectivity index (χ0v) is 16.8. The van der Waals surface area contributed by atoms with Crippen LogP contribution in [0.25, 0.3) is 11.1 Å². The van der Waals surface area contributed by atoms with E-state index in [1.54, 1.807) is 0 Å². The lowest BCUT2D eigenvalue weighted by molar-refractivity contribution is -0.130. The first-order valence-electron chi connectivity index (χ1n) is 10.4. The second kappa shape index (κ2) is 8.62. The number of nitrogens with zero attached hydrogens (tertiary/aromatic N) is 1. The maximum absolute atomic E-state index is 12.6. The molecule has 0 saturated carbocycles. The van der Waals surface area contributed by atoms with Gasteiger partial charge in [0.25, 0.3) is 0 Å². The number of rotatable bonds is 6. The number of primary amides is 1. The van der Waals surface area contributed by atoms with Crippen LogP contribution in [0.2, 0.25) is 0 Å². The van der Waals surface area contributed by atoms with E-state index in [-0.39, 0.29) is 5.91 Å². The molecule has 148 valence electrons. The van der Waals surface area contributed by atoms with Crippen molar-refractivity contribution in [1.82, 2.24) is 4.90 Å². The monoisotopic (exact) mass is 384 g/mol. The van der Waals surface area contributed by atoms with Gasteiger partial charge < -0.3 is 5.73 Å². The minimum Gasteiger partial charge on any atom is -0.369 e. The number of hydrogen-bond donors (Lipinski definition) is 1. The van der Waals surface area contributed by atoms with Crippen LogP contribution < -0.4 is 5.73 Å². The number of nitrogens with two attached hydrogens (primary N) is 1. The van der Waals surface area contributed by atoms with E-state index in [9.17, 15) is 4.79 Å². The maximum atomic E-state index is 12.6. The predicted molar refractivity (Wildman–Crippen MR) is 118 cm³/mol. The highest BCUT2D eigenvalue weighted by molar-refractivity contribution is 5.82. The molecule has 0 unspecified atom stereocenters. The van der Waals surface area contributed by atoms with Crippen LogP contribution in [0.15, 0.2) is 84.9 Å². The van der Waals surface area contributed by atoms with Crippen LogP contribution in [0.5, 0.6) is 0 Å². The van der Waals surface area contributed by atoms with Gasteiger partial charge in [0.2, 0.25) is 5.91 Å². The highest BCUT2D eigenvalue weighted by atomic mass is 16.1. The fourth-order valence-corrected chi connectivity index (χ4v) is 4.43. The van der Waals surface area contributed by atoms with E-state index in [1.807, 2.05) is 12.1 Å². The van der Waals surface area contributed by atoms with Gasteiger partial charge in [-0.3, -0.25) is 9.69 Å². The molecule has 1 amide bonds. The van der Waals surface area contributed by atoms with Crippen LogP contribution in [-0.2, 0) is 17.8 Å². The second-order valence-corrected chi connectivity index (χ2v) is 8.11. The van der Waals surface area contributed by atoms with E-state index in [4.69, 9.17) is 5.73 Å². The van der Waals surface area contributed by atoms with E-state index < -0.39 is 5.41 Å². The van der Waals surface area contributed by atoms with E-state index >= 15 is 0 Å². The smallest absolute Gasteiger partial charge is 0.224 e. The van der Waals surface area contributed by atoms with Gasteiger partial charge in [0.05, 0.1) is 5.41 Å². The molecule has 1 fully saturated rings. The van der Waals surface area contributed by atoms with Crippen LogP contribution in [0.3, 0.4) is 0 Å². The zero-order chi connectivity index (χ0) is 20.1. The summed E-state index contributed by atoms with van der Waals surface area (Å²) in [5.41, 5.74) is 10.4. The first-order valence-corrected chi connectivity index (χ1v) is 10.4. The van der Waals surface area contributed by atoms with E-state index in [0.29, 0.717) is 6.42 Å². The average molecular weight is 385 g/mol. The molecule has 1 aliphatic heterocycles. The van der Waals surface area contributed by atoms with Gasteiger partial charge in [0.15, 0.2) is 0 Å². The number of carbonyl (C=O) groups excluding carboxylic acids is 1. The highest BCUT2D eigenvalue weighted by Gasteiger charge is 2.40. The minimum absolute atomic E-state index is 0.167. The van der Waals surface area contributed by atoms with Crippen molar-refractivity contribution in [2.75, 3.05) is 13.1 Å². The van der Waals surface area contributed by atoms with Crippen molar-refractivity contribution in [1.29, 1.82) is 0 Å². The van der Waals surface area contributed by atoms with Crippen molar-refractivity contribution in [3.05, 3.63) is 96.1 Å². The Balaban J connectivity index is 1.52. The van der Waals surface area contributed by atoms with E-state index in [1.165, 1.54) is 22.3 Å². The molecule has 3 nitrogen and oxygen atoms in total. The second-order valence-electron chi connectivity index (χ2n) is 8.11. The molecule has 3 aromatic rings. The fraction of sp³-hybridized carbons (Fsp3) is 0.269. The van der Waals surface area contributed by atoms with Gasteiger partial charge >= 0.3 is 0 Å². The molecule has 1 saturated heterocycles. The molecule has 2 N–H and O–H groups in total. The van der Waals surface area contributed by atoms with Gasteiger partial charge in [0.1, 0.15) is 0 Å². The zero-order valence-electron chi connectivity index (χ0n) is 16.8. The lowest BCUT2D eigenvalue weighted by atomic mass is 9.72. The third kappa shape index (κ3) is 4.41. The molecule has 1 aliphatic rings. The molecule has 0 bridgehead atoms. The Morgan fingerprint density at radius 1 is 0.828 bits per heavy atom. The summed E-state index contributed by atoms with van der Waals surface area (Å²) in [6.07, 6.45) is 2.31. The standard InChI is InChI=1S/C26H28N2O/c27-25(29)26(15-17-28(18-16-26)20-21-9-3-1-4-10-21)19-23-13-7-8-14-24(23)22-11-5-2-6-12-22/h1-14H,15-20H2,(H2,27,29). The first kappa shape index (κ1) is 19.4. The number of piperidine rings is 1. The van der Waals surface area contributed by atoms with E-state index in [0.717, 1.165) is 32.5 Å². The van der Waals surface area contributed by atoms with Gasteiger partial charge in [-0.2, -0.15) is 0 Å². The lowest BCUT2D eigenvalue weighted by Crippen LogP contribution is -2.48. The molecule has 0 spiro atoms. The molecule has 29 heavy (non-hydrogen) atoms. The number of hydrogen-bond acceptors (Lipinski definition) is 2. The molecule has 0 aliphatic carbocycles. The van der Waals surface area contributed by atoms with Crippen LogP contribution in [-0.4, -0.2) is 23.9 Å². The third-order valence-electron chi connectivity index (χ3n) is 6.22. The summed E-state index contributed by atoms with van der Waals surface area (Å²) in [5.74, 6) is -0.167. The summed E-state index contributed by atoms with van der Waals surface area (Å²) < 4.78 is 0. The van der Waals surface area contributed by atoms with Crippen molar-refractivity contribution in [3.63, 3.8) is 0 Å². The number of benzene rings is 3. The molecule has 1 heterocycles. The van der Waals surface area contributed by atoms with Crippen LogP contribution in [0.1, 0.15) is 24.0 Å². The molecule has 3 heteroatoms. The summed E-state index contributed by atoms with van der Waals surface area (Å²) in [6, 6.07) is 29.3. The molecule has 3 aromatic carbocycles. The maximum Gasteiger partial charge on any atom is 0.224 e. The van der Waals surface area contributed by atoms with Gasteiger partial charge in [-0.1, -0.05) is 84.9 Å². The molecule has 0 radical (unpaired) electrons. The molecular formula is C26H28N2O. The molecule has 0 atom stereocenters. The van der Waals surface area contributed by atoms with Gasteiger partial charge in [-0.25, -0.2) is 0 Å². The normalized spacial score (nSPS) is 16.4. The summed E-state index contributed by atoms with van der Waals surface area (Å²) in [6.45, 7) is 2.72. The van der Waals surface area contributed by atoms with Crippen LogP contribution >= 0.6 is 0 Å². The quantitative estimate of drug-likeness (QED) is 0.672. The van der Waals surface area contributed by atoms with Crippen molar-refractivity contribution in [2.24, 2.45) is 11.1 Å². The summed E-state index contributed by atoms with van der Waals surface area (Å²) in [4.78, 5) is 15.0. The Morgan fingerprint density at radius 2 is 1.41 bits per heavy atom. The average Bonchev–Trinajstić information content (AvgIpc) is 2.77. The first-order chi connectivity index (χ1) is 14.2. The Hall–Kier alpha value is -2.91. The number of likely N-dealkylation sites (tertiary alicyclic amines) is 1. The SMILES string of the molecule is NC(=O)C1(Cc2ccccc2-c2ccccc2)CCN(Cc2ccccc2)CC1.